The number of aryl methyl sites for hydroxylation is 2. The third-order valence-electron chi connectivity index (χ3n) is 5.20. The summed E-state index contributed by atoms with van der Waals surface area (Å²) in [6.07, 6.45) is 6.75. The summed E-state index contributed by atoms with van der Waals surface area (Å²) >= 11 is 0. The number of hydrogen-bond acceptors (Lipinski definition) is 1. The molecular weight excluding hydrogens is 206 g/mol. The molecule has 0 radical (unpaired) electrons. The summed E-state index contributed by atoms with van der Waals surface area (Å²) in [6.45, 7) is 7.39. The van der Waals surface area contributed by atoms with Crippen LogP contribution in [0.25, 0.3) is 0 Å². The molecule has 1 aliphatic carbocycles. The fraction of sp³-hybridized carbons (Fsp3) is 0.625. The van der Waals surface area contributed by atoms with Crippen molar-refractivity contribution in [1.29, 1.82) is 0 Å². The van der Waals surface area contributed by atoms with E-state index in [1.54, 1.807) is 27.9 Å². The minimum absolute atomic E-state index is 0.468. The van der Waals surface area contributed by atoms with Gasteiger partial charge in [-0.3, -0.25) is 0 Å². The Morgan fingerprint density at radius 2 is 2.12 bits per heavy atom. The standard InChI is InChI=1S/C16H21N/c1-11-9-12-5-3-7-16(2)10-17-8-4-6-13(11)15(17)14(12)16/h9H,3-8,10H2,1-2H3. The van der Waals surface area contributed by atoms with Crippen molar-refractivity contribution < 1.29 is 0 Å². The second-order valence-corrected chi connectivity index (χ2v) is 6.49. The molecule has 4 rings (SSSR count). The molecule has 0 spiro atoms. The van der Waals surface area contributed by atoms with Crippen molar-refractivity contribution in [3.05, 3.63) is 28.3 Å². The summed E-state index contributed by atoms with van der Waals surface area (Å²) in [4.78, 5) is 2.69. The van der Waals surface area contributed by atoms with Crippen LogP contribution in [0.15, 0.2) is 6.07 Å². The molecule has 0 N–H and O–H groups in total. The topological polar surface area (TPSA) is 3.24 Å². The Morgan fingerprint density at radius 1 is 1.24 bits per heavy atom. The molecule has 3 aliphatic rings. The Balaban J connectivity index is 2.06. The summed E-state index contributed by atoms with van der Waals surface area (Å²) in [6, 6.07) is 2.50. The average molecular weight is 227 g/mol. The van der Waals surface area contributed by atoms with Gasteiger partial charge in [0.05, 0.1) is 0 Å². The van der Waals surface area contributed by atoms with E-state index in [1.807, 2.05) is 0 Å². The Kier molecular flexibility index (Phi) is 1.80. The number of benzene rings is 1. The zero-order chi connectivity index (χ0) is 11.6. The van der Waals surface area contributed by atoms with Crippen LogP contribution in [-0.4, -0.2) is 13.1 Å². The minimum Gasteiger partial charge on any atom is -0.370 e. The summed E-state index contributed by atoms with van der Waals surface area (Å²) < 4.78 is 0. The molecule has 1 nitrogen and oxygen atoms in total. The first-order valence-electron chi connectivity index (χ1n) is 7.10. The van der Waals surface area contributed by atoms with Crippen LogP contribution in [0, 0.1) is 6.92 Å². The quantitative estimate of drug-likeness (QED) is 0.657. The normalized spacial score (nSPS) is 29.4. The van der Waals surface area contributed by atoms with Crippen molar-refractivity contribution in [2.75, 3.05) is 18.0 Å². The molecule has 0 saturated heterocycles. The van der Waals surface area contributed by atoms with E-state index in [0.29, 0.717) is 5.41 Å². The molecule has 0 fully saturated rings. The van der Waals surface area contributed by atoms with Crippen molar-refractivity contribution in [2.45, 2.75) is 51.4 Å². The maximum Gasteiger partial charge on any atom is 0.0443 e. The van der Waals surface area contributed by atoms with Gasteiger partial charge in [-0.15, -0.1) is 0 Å². The van der Waals surface area contributed by atoms with E-state index in [4.69, 9.17) is 0 Å². The first kappa shape index (κ1) is 9.99. The Bertz CT molecular complexity index is 503. The lowest BCUT2D eigenvalue weighted by molar-refractivity contribution is 0.418. The van der Waals surface area contributed by atoms with Gasteiger partial charge in [0.1, 0.15) is 0 Å². The SMILES string of the molecule is Cc1cc2c3c4c1CCCN4CC3(C)CCC2. The monoisotopic (exact) mass is 227 g/mol. The van der Waals surface area contributed by atoms with Crippen molar-refractivity contribution in [3.63, 3.8) is 0 Å². The van der Waals surface area contributed by atoms with Gasteiger partial charge in [0.2, 0.25) is 0 Å². The highest BCUT2D eigenvalue weighted by Crippen LogP contribution is 2.52. The lowest BCUT2D eigenvalue weighted by Crippen LogP contribution is -2.34. The van der Waals surface area contributed by atoms with E-state index < -0.39 is 0 Å². The van der Waals surface area contributed by atoms with Gasteiger partial charge in [-0.05, 0) is 61.3 Å². The molecule has 1 atom stereocenters. The zero-order valence-electron chi connectivity index (χ0n) is 11.0. The molecule has 0 saturated carbocycles. The summed E-state index contributed by atoms with van der Waals surface area (Å²) in [5, 5.41) is 0. The molecule has 1 unspecified atom stereocenters. The molecule has 17 heavy (non-hydrogen) atoms. The highest BCUT2D eigenvalue weighted by atomic mass is 15.2. The van der Waals surface area contributed by atoms with Crippen LogP contribution >= 0.6 is 0 Å². The van der Waals surface area contributed by atoms with E-state index in [-0.39, 0.29) is 0 Å². The van der Waals surface area contributed by atoms with E-state index in [0.717, 1.165) is 0 Å². The second-order valence-electron chi connectivity index (χ2n) is 6.49. The van der Waals surface area contributed by atoms with Crippen LogP contribution in [0.2, 0.25) is 0 Å². The first-order chi connectivity index (χ1) is 8.19. The van der Waals surface area contributed by atoms with Gasteiger partial charge in [-0.25, -0.2) is 0 Å². The molecule has 0 amide bonds. The summed E-state index contributed by atoms with van der Waals surface area (Å²) in [5.74, 6) is 0. The number of hydrogen-bond donors (Lipinski definition) is 0. The molecule has 2 aliphatic heterocycles. The van der Waals surface area contributed by atoms with Crippen molar-refractivity contribution >= 4 is 5.69 Å². The van der Waals surface area contributed by atoms with Crippen molar-refractivity contribution in [3.8, 4) is 0 Å². The average Bonchev–Trinajstić information content (AvgIpc) is 2.60. The van der Waals surface area contributed by atoms with E-state index in [1.165, 1.54) is 45.2 Å². The van der Waals surface area contributed by atoms with E-state index in [2.05, 4.69) is 24.8 Å². The van der Waals surface area contributed by atoms with Crippen LogP contribution < -0.4 is 4.90 Å². The highest BCUT2D eigenvalue weighted by molar-refractivity contribution is 5.73. The summed E-state index contributed by atoms with van der Waals surface area (Å²) in [5.41, 5.74) is 8.75. The number of anilines is 1. The molecule has 90 valence electrons. The van der Waals surface area contributed by atoms with Crippen LogP contribution in [0.5, 0.6) is 0 Å². The predicted molar refractivity (Wildman–Crippen MR) is 72.0 cm³/mol. The van der Waals surface area contributed by atoms with Crippen LogP contribution in [0.3, 0.4) is 0 Å². The molecule has 0 bridgehead atoms. The molecule has 0 aromatic heterocycles. The van der Waals surface area contributed by atoms with Crippen molar-refractivity contribution in [2.24, 2.45) is 0 Å². The van der Waals surface area contributed by atoms with Gasteiger partial charge in [-0.2, -0.15) is 0 Å². The maximum absolute atomic E-state index is 2.69. The smallest absolute Gasteiger partial charge is 0.0443 e. The second kappa shape index (κ2) is 3.07. The lowest BCUT2D eigenvalue weighted by atomic mass is 9.71. The van der Waals surface area contributed by atoms with Crippen LogP contribution in [0.4, 0.5) is 5.69 Å². The lowest BCUT2D eigenvalue weighted by Gasteiger charge is -2.31. The van der Waals surface area contributed by atoms with Gasteiger partial charge in [0.15, 0.2) is 0 Å². The largest absolute Gasteiger partial charge is 0.370 e. The van der Waals surface area contributed by atoms with Gasteiger partial charge < -0.3 is 4.90 Å². The van der Waals surface area contributed by atoms with E-state index in [9.17, 15) is 0 Å². The number of rotatable bonds is 0. The van der Waals surface area contributed by atoms with Gasteiger partial charge in [-0.1, -0.05) is 13.0 Å². The highest BCUT2D eigenvalue weighted by Gasteiger charge is 2.44. The number of nitrogens with zero attached hydrogens (tertiary/aromatic N) is 1. The van der Waals surface area contributed by atoms with Gasteiger partial charge in [0, 0.05) is 24.2 Å². The predicted octanol–water partition coefficient (Wildman–Crippen LogP) is 3.36. The fourth-order valence-electron chi connectivity index (χ4n) is 4.54. The molecule has 1 aromatic carbocycles. The Hall–Kier alpha value is -0.980. The molecular formula is C16H21N. The zero-order valence-corrected chi connectivity index (χ0v) is 11.0. The fourth-order valence-corrected chi connectivity index (χ4v) is 4.54. The Labute approximate surface area is 104 Å². The summed E-state index contributed by atoms with van der Waals surface area (Å²) in [7, 11) is 0. The maximum atomic E-state index is 2.69. The van der Waals surface area contributed by atoms with Gasteiger partial charge in [0.25, 0.3) is 0 Å². The molecule has 2 heterocycles. The van der Waals surface area contributed by atoms with Crippen LogP contribution in [0.1, 0.15) is 48.4 Å². The van der Waals surface area contributed by atoms with Crippen molar-refractivity contribution in [1.82, 2.24) is 0 Å². The third-order valence-corrected chi connectivity index (χ3v) is 5.20. The Morgan fingerprint density at radius 3 is 3.00 bits per heavy atom. The third kappa shape index (κ3) is 1.15. The minimum atomic E-state index is 0.468. The van der Waals surface area contributed by atoms with Crippen LogP contribution in [-0.2, 0) is 18.3 Å². The van der Waals surface area contributed by atoms with Gasteiger partial charge >= 0.3 is 0 Å². The first-order valence-corrected chi connectivity index (χ1v) is 7.10. The van der Waals surface area contributed by atoms with E-state index >= 15 is 0 Å². The molecule has 1 aromatic rings. The molecule has 1 heteroatoms.